The molecule has 0 fully saturated rings. The molecular formula is C25H18BrClFN3O4. The molecule has 2 N–H and O–H groups in total. The van der Waals surface area contributed by atoms with Gasteiger partial charge in [0.05, 0.1) is 22.3 Å². The van der Waals surface area contributed by atoms with Gasteiger partial charge in [0.25, 0.3) is 11.8 Å². The molecule has 0 saturated heterocycles. The first-order valence-electron chi connectivity index (χ1n) is 10.0. The number of anilines is 2. The lowest BCUT2D eigenvalue weighted by molar-refractivity contribution is -0.118. The molecule has 0 aliphatic carbocycles. The Labute approximate surface area is 214 Å². The van der Waals surface area contributed by atoms with Crippen LogP contribution in [-0.4, -0.2) is 25.5 Å². The number of halogens is 3. The van der Waals surface area contributed by atoms with Gasteiger partial charge >= 0.3 is 0 Å². The fourth-order valence-corrected chi connectivity index (χ4v) is 3.66. The van der Waals surface area contributed by atoms with Gasteiger partial charge in [-0.15, -0.1) is 0 Å². The Morgan fingerprint density at radius 3 is 2.51 bits per heavy atom. The minimum Gasteiger partial charge on any atom is -0.493 e. The van der Waals surface area contributed by atoms with Gasteiger partial charge in [-0.2, -0.15) is 5.26 Å². The summed E-state index contributed by atoms with van der Waals surface area (Å²) in [5.41, 5.74) is 1.11. The molecule has 2 amide bonds. The van der Waals surface area contributed by atoms with E-state index in [1.165, 1.54) is 37.5 Å². The molecule has 0 unspecified atom stereocenters. The molecule has 3 aromatic rings. The molecule has 0 atom stereocenters. The number of hydrogen-bond acceptors (Lipinski definition) is 5. The minimum atomic E-state index is -0.631. The SMILES string of the molecule is COc1cc(/C=C(\C#N)C(=O)Nc2ccccc2Cl)cc(Br)c1OCC(=O)Nc1ccc(F)cc1. The van der Waals surface area contributed by atoms with Crippen molar-refractivity contribution in [1.29, 1.82) is 5.26 Å². The molecule has 0 aromatic heterocycles. The van der Waals surface area contributed by atoms with Crippen molar-refractivity contribution in [3.05, 3.63) is 87.1 Å². The molecule has 0 spiro atoms. The standard InChI is InChI=1S/C25H18BrClFN3O4/c1-34-22-12-15(10-16(13-29)25(33)31-21-5-3-2-4-20(21)27)11-19(26)24(22)35-14-23(32)30-18-8-6-17(28)7-9-18/h2-12H,14H2,1H3,(H,30,32)(H,31,33)/b16-10+. The van der Waals surface area contributed by atoms with Gasteiger partial charge in [-0.25, -0.2) is 4.39 Å². The number of carbonyl (C=O) groups is 2. The van der Waals surface area contributed by atoms with Crippen LogP contribution in [0.3, 0.4) is 0 Å². The van der Waals surface area contributed by atoms with E-state index in [0.29, 0.717) is 26.4 Å². The first-order valence-corrected chi connectivity index (χ1v) is 11.2. The molecular weight excluding hydrogens is 541 g/mol. The van der Waals surface area contributed by atoms with Gasteiger partial charge in [-0.3, -0.25) is 9.59 Å². The third-order valence-corrected chi connectivity index (χ3v) is 5.44. The molecule has 0 radical (unpaired) electrons. The number of hydrogen-bond donors (Lipinski definition) is 2. The van der Waals surface area contributed by atoms with E-state index in [4.69, 9.17) is 21.1 Å². The van der Waals surface area contributed by atoms with Crippen molar-refractivity contribution in [2.45, 2.75) is 0 Å². The van der Waals surface area contributed by atoms with Crippen molar-refractivity contribution in [3.63, 3.8) is 0 Å². The van der Waals surface area contributed by atoms with E-state index in [1.807, 2.05) is 6.07 Å². The third-order valence-electron chi connectivity index (χ3n) is 4.53. The van der Waals surface area contributed by atoms with Crippen molar-refractivity contribution in [1.82, 2.24) is 0 Å². The molecule has 178 valence electrons. The summed E-state index contributed by atoms with van der Waals surface area (Å²) in [6.45, 7) is -0.342. The summed E-state index contributed by atoms with van der Waals surface area (Å²) in [5, 5.41) is 15.0. The largest absolute Gasteiger partial charge is 0.493 e. The van der Waals surface area contributed by atoms with Crippen LogP contribution in [0.25, 0.3) is 6.08 Å². The number of carbonyl (C=O) groups excluding carboxylic acids is 2. The third kappa shape index (κ3) is 7.06. The topological polar surface area (TPSA) is 100 Å². The van der Waals surface area contributed by atoms with Crippen LogP contribution in [0.15, 0.2) is 70.7 Å². The number of ether oxygens (including phenoxy) is 2. The molecule has 7 nitrogen and oxygen atoms in total. The average molecular weight is 559 g/mol. The van der Waals surface area contributed by atoms with E-state index in [0.717, 1.165) is 0 Å². The van der Waals surface area contributed by atoms with Crippen molar-refractivity contribution in [3.8, 4) is 17.6 Å². The van der Waals surface area contributed by atoms with E-state index in [1.54, 1.807) is 36.4 Å². The molecule has 0 aliphatic heterocycles. The predicted octanol–water partition coefficient (Wildman–Crippen LogP) is 5.81. The molecule has 0 saturated carbocycles. The van der Waals surface area contributed by atoms with Crippen LogP contribution in [0.5, 0.6) is 11.5 Å². The summed E-state index contributed by atoms with van der Waals surface area (Å²) in [5.74, 6) is -0.990. The fraction of sp³-hybridized carbons (Fsp3) is 0.0800. The maximum Gasteiger partial charge on any atom is 0.266 e. The number of benzene rings is 3. The fourth-order valence-electron chi connectivity index (χ4n) is 2.90. The minimum absolute atomic E-state index is 0.161. The maximum absolute atomic E-state index is 13.0. The number of nitrogens with zero attached hydrogens (tertiary/aromatic N) is 1. The number of nitriles is 1. The molecule has 0 heterocycles. The highest BCUT2D eigenvalue weighted by Gasteiger charge is 2.16. The Bertz CT molecular complexity index is 1320. The average Bonchev–Trinajstić information content (AvgIpc) is 2.84. The number of para-hydroxylation sites is 1. The normalized spacial score (nSPS) is 10.8. The molecule has 0 bridgehead atoms. The summed E-state index contributed by atoms with van der Waals surface area (Å²) < 4.78 is 24.4. The van der Waals surface area contributed by atoms with Crippen LogP contribution in [-0.2, 0) is 9.59 Å². The molecule has 0 aliphatic rings. The highest BCUT2D eigenvalue weighted by Crippen LogP contribution is 2.37. The Morgan fingerprint density at radius 1 is 1.14 bits per heavy atom. The van der Waals surface area contributed by atoms with Gasteiger partial charge in [-0.1, -0.05) is 23.7 Å². The summed E-state index contributed by atoms with van der Waals surface area (Å²) >= 11 is 9.43. The Balaban J connectivity index is 1.74. The van der Waals surface area contributed by atoms with E-state index in [9.17, 15) is 19.2 Å². The second-order valence-electron chi connectivity index (χ2n) is 6.98. The second-order valence-corrected chi connectivity index (χ2v) is 8.24. The Kier molecular flexibility index (Phi) is 8.84. The molecule has 35 heavy (non-hydrogen) atoms. The van der Waals surface area contributed by atoms with Crippen LogP contribution in [0, 0.1) is 17.1 Å². The Morgan fingerprint density at radius 2 is 1.86 bits per heavy atom. The lowest BCUT2D eigenvalue weighted by Crippen LogP contribution is -2.20. The predicted molar refractivity (Wildman–Crippen MR) is 135 cm³/mol. The number of rotatable bonds is 8. The highest BCUT2D eigenvalue weighted by molar-refractivity contribution is 9.10. The first-order chi connectivity index (χ1) is 16.8. The second kappa shape index (κ2) is 12.0. The first kappa shape index (κ1) is 25.7. The maximum atomic E-state index is 13.0. The van der Waals surface area contributed by atoms with Crippen molar-refractivity contribution >= 4 is 56.8 Å². The van der Waals surface area contributed by atoms with Crippen LogP contribution in [0.4, 0.5) is 15.8 Å². The van der Waals surface area contributed by atoms with Crippen LogP contribution in [0.2, 0.25) is 5.02 Å². The van der Waals surface area contributed by atoms with Crippen LogP contribution < -0.4 is 20.1 Å². The lowest BCUT2D eigenvalue weighted by Gasteiger charge is -2.14. The molecule has 3 rings (SSSR count). The van der Waals surface area contributed by atoms with Gasteiger partial charge < -0.3 is 20.1 Å². The number of amides is 2. The zero-order valence-electron chi connectivity index (χ0n) is 18.3. The summed E-state index contributed by atoms with van der Waals surface area (Å²) in [4.78, 5) is 24.8. The Hall–Kier alpha value is -3.87. The monoisotopic (exact) mass is 557 g/mol. The van der Waals surface area contributed by atoms with Gasteiger partial charge in [-0.05, 0) is 76.1 Å². The van der Waals surface area contributed by atoms with Crippen molar-refractivity contribution in [2.75, 3.05) is 24.4 Å². The zero-order valence-corrected chi connectivity index (χ0v) is 20.6. The number of nitrogens with one attached hydrogen (secondary N) is 2. The van der Waals surface area contributed by atoms with E-state index in [-0.39, 0.29) is 23.7 Å². The quantitative estimate of drug-likeness (QED) is 0.268. The number of methoxy groups -OCH3 is 1. The van der Waals surface area contributed by atoms with Gasteiger partial charge in [0.2, 0.25) is 0 Å². The van der Waals surface area contributed by atoms with E-state index < -0.39 is 17.6 Å². The highest BCUT2D eigenvalue weighted by atomic mass is 79.9. The molecule has 10 heteroatoms. The zero-order chi connectivity index (χ0) is 25.4. The molecule has 3 aromatic carbocycles. The van der Waals surface area contributed by atoms with Crippen molar-refractivity contribution in [2.24, 2.45) is 0 Å². The van der Waals surface area contributed by atoms with Crippen LogP contribution in [0.1, 0.15) is 5.56 Å². The van der Waals surface area contributed by atoms with E-state index >= 15 is 0 Å². The van der Waals surface area contributed by atoms with Gasteiger partial charge in [0.15, 0.2) is 18.1 Å². The lowest BCUT2D eigenvalue weighted by atomic mass is 10.1. The van der Waals surface area contributed by atoms with E-state index in [2.05, 4.69) is 26.6 Å². The van der Waals surface area contributed by atoms with Gasteiger partial charge in [0, 0.05) is 5.69 Å². The van der Waals surface area contributed by atoms with Crippen molar-refractivity contribution < 1.29 is 23.5 Å². The summed E-state index contributed by atoms with van der Waals surface area (Å²) in [7, 11) is 1.41. The summed E-state index contributed by atoms with van der Waals surface area (Å²) in [6, 6.07) is 17.0. The summed E-state index contributed by atoms with van der Waals surface area (Å²) in [6.07, 6.45) is 1.38. The van der Waals surface area contributed by atoms with Gasteiger partial charge in [0.1, 0.15) is 17.5 Å². The van der Waals surface area contributed by atoms with Crippen LogP contribution >= 0.6 is 27.5 Å². The smallest absolute Gasteiger partial charge is 0.266 e.